The van der Waals surface area contributed by atoms with Gasteiger partial charge in [-0.2, -0.15) is 0 Å². The van der Waals surface area contributed by atoms with Crippen molar-refractivity contribution in [1.82, 2.24) is 23.3 Å². The molecular weight excluding hydrogens is 1120 g/mol. The third-order valence-electron chi connectivity index (χ3n) is 14.4. The molecular formula is C70H51N5OPt. The molecule has 4 aromatic heterocycles. The molecule has 0 aliphatic heterocycles. The molecule has 0 N–H and O–H groups in total. The second-order valence-electron chi connectivity index (χ2n) is 20.0. The molecule has 0 spiro atoms. The number of hydrogen-bond acceptors (Lipinski definition) is 2. The van der Waals surface area contributed by atoms with Gasteiger partial charge in [0.25, 0.3) is 0 Å². The van der Waals surface area contributed by atoms with E-state index in [4.69, 9.17) is 17.9 Å². The van der Waals surface area contributed by atoms with Crippen LogP contribution in [0.4, 0.5) is 0 Å². The predicted octanol–water partition coefficient (Wildman–Crippen LogP) is 18.2. The summed E-state index contributed by atoms with van der Waals surface area (Å²) in [6.45, 7) is 6.57. The van der Waals surface area contributed by atoms with E-state index in [0.29, 0.717) is 37.7 Å². The fraction of sp³-hybridized carbons (Fsp3) is 0.0571. The van der Waals surface area contributed by atoms with E-state index in [1.807, 2.05) is 159 Å². The number of fused-ring (bicyclic) bond motifs is 7. The molecule has 0 atom stereocenters. The standard InChI is InChI=1S/C70H51N5O.Pt/c1-70(2,3)51-37-38-71-68(41-51)75-64-32-18-15-29-58(64)59-36-35-54(45-67(59)75)76-55-40-50(47-21-7-4-8-22-47)39-52(42-55)72-46-73(66-34-20-19-33-65(66)72)69-60(48-23-9-5-10-24-48)43-53(44-61(69)49-25-11-6-12-26-49)74-62-30-16-13-27-56(62)57-28-14-17-31-63(57)74;/h4-45H,1-3H3;/i5D,6D,9D,10D,11D,12D,23D,24D,25D,26D;. The van der Waals surface area contributed by atoms with Crippen LogP contribution in [0.3, 0.4) is 0 Å². The Bertz CT molecular complexity index is 5090. The van der Waals surface area contributed by atoms with Gasteiger partial charge in [0.05, 0.1) is 0 Å². The molecule has 7 heteroatoms. The zero-order valence-electron chi connectivity index (χ0n) is 51.9. The van der Waals surface area contributed by atoms with Gasteiger partial charge in [-0.1, -0.05) is 32.9 Å². The Morgan fingerprint density at radius 1 is 0.416 bits per heavy atom. The van der Waals surface area contributed by atoms with Crippen molar-refractivity contribution in [2.45, 2.75) is 26.2 Å². The summed E-state index contributed by atoms with van der Waals surface area (Å²) in [5, 5.41) is 3.94. The van der Waals surface area contributed by atoms with Crippen molar-refractivity contribution in [2.24, 2.45) is 0 Å². The zero-order valence-corrected chi connectivity index (χ0v) is 44.2. The van der Waals surface area contributed by atoms with Gasteiger partial charge in [0.1, 0.15) is 0 Å². The number of benzene rings is 10. The molecule has 0 bridgehead atoms. The molecule has 6 nitrogen and oxygen atoms in total. The van der Waals surface area contributed by atoms with Gasteiger partial charge in [-0.15, -0.1) is 0 Å². The van der Waals surface area contributed by atoms with E-state index in [9.17, 15) is 5.48 Å². The number of ether oxygens (including phenoxy) is 1. The molecule has 0 fully saturated rings. The maximum atomic E-state index is 9.66. The molecule has 0 aliphatic rings. The van der Waals surface area contributed by atoms with Crippen LogP contribution in [0, 0.1) is 3.80 Å². The average molecular weight is 1180 g/mol. The first-order chi connectivity index (χ1) is 41.9. The van der Waals surface area contributed by atoms with E-state index in [-0.39, 0.29) is 33.4 Å². The summed E-state index contributed by atoms with van der Waals surface area (Å²) >= 11 is 2.23. The Balaban J connectivity index is 1.06. The number of aromatic nitrogens is 5. The number of para-hydroxylation sites is 5. The average Bonchev–Trinajstić information content (AvgIpc) is 1.74. The first kappa shape index (κ1) is 36.8. The van der Waals surface area contributed by atoms with Crippen molar-refractivity contribution in [1.29, 1.82) is 0 Å². The Kier molecular flexibility index (Phi) is 8.90. The molecule has 0 radical (unpaired) electrons. The van der Waals surface area contributed by atoms with Crippen LogP contribution in [-0.4, -0.2) is 23.3 Å². The van der Waals surface area contributed by atoms with Gasteiger partial charge in [0, 0.05) is 6.20 Å². The molecule has 10 aromatic carbocycles. The molecule has 14 aromatic rings. The van der Waals surface area contributed by atoms with E-state index in [2.05, 4.69) is 81.1 Å². The molecule has 0 aliphatic carbocycles. The normalized spacial score (nSPS) is 13.7. The van der Waals surface area contributed by atoms with E-state index >= 15 is 0 Å². The zero-order chi connectivity index (χ0) is 60.5. The minimum absolute atomic E-state index is 0.118. The van der Waals surface area contributed by atoms with E-state index in [1.165, 1.54) is 0 Å². The summed E-state index contributed by atoms with van der Waals surface area (Å²) in [5.41, 5.74) is 8.84. The van der Waals surface area contributed by atoms with Gasteiger partial charge in [0.2, 0.25) is 0 Å². The van der Waals surface area contributed by atoms with E-state index < -0.39 is 60.4 Å². The number of imidazole rings is 1. The third-order valence-corrected chi connectivity index (χ3v) is 15.4. The molecule has 0 amide bonds. The van der Waals surface area contributed by atoms with Crippen LogP contribution in [-0.2, 0) is 24.8 Å². The fourth-order valence-electron chi connectivity index (χ4n) is 10.9. The van der Waals surface area contributed by atoms with Crippen LogP contribution in [0.5, 0.6) is 11.5 Å². The summed E-state index contributed by atoms with van der Waals surface area (Å²) in [4.78, 5) is 4.91. The Labute approximate surface area is 471 Å². The van der Waals surface area contributed by atoms with Gasteiger partial charge < -0.3 is 0 Å². The molecule has 77 heavy (non-hydrogen) atoms. The van der Waals surface area contributed by atoms with Gasteiger partial charge in [-0.05, 0) is 17.0 Å². The topological polar surface area (TPSA) is 41.8 Å². The molecule has 0 saturated carbocycles. The van der Waals surface area contributed by atoms with Gasteiger partial charge in [-0.25, -0.2) is 0 Å². The first-order valence-electron chi connectivity index (χ1n) is 30.3. The summed E-state index contributed by atoms with van der Waals surface area (Å²) in [7, 11) is 0. The van der Waals surface area contributed by atoms with Gasteiger partial charge in [0.15, 0.2) is 0 Å². The maximum absolute atomic E-state index is 9.66. The molecule has 0 saturated heterocycles. The number of nitrogens with zero attached hydrogens (tertiary/aromatic N) is 5. The molecule has 0 unspecified atom stereocenters. The van der Waals surface area contributed by atoms with E-state index in [0.717, 1.165) is 66.1 Å². The van der Waals surface area contributed by atoms with Crippen molar-refractivity contribution >= 4 is 54.6 Å². The van der Waals surface area contributed by atoms with Gasteiger partial charge >= 0.3 is 418 Å². The Morgan fingerprint density at radius 3 is 1.53 bits per heavy atom. The first-order valence-corrected chi connectivity index (χ1v) is 26.4. The predicted molar refractivity (Wildman–Crippen MR) is 314 cm³/mol. The number of rotatable bonds is 9. The summed E-state index contributed by atoms with van der Waals surface area (Å²) in [6, 6.07) is 56.1. The van der Waals surface area contributed by atoms with Crippen molar-refractivity contribution in [2.75, 3.05) is 0 Å². The van der Waals surface area contributed by atoms with Crippen molar-refractivity contribution in [3.63, 3.8) is 0 Å². The molecule has 14 rings (SSSR count). The molecule has 4 heterocycles. The Hall–Kier alpha value is -9.09. The number of hydrogen-bond donors (Lipinski definition) is 0. The van der Waals surface area contributed by atoms with Crippen molar-refractivity contribution in [3.05, 3.63) is 264 Å². The van der Waals surface area contributed by atoms with Crippen LogP contribution in [0.2, 0.25) is 0 Å². The fourth-order valence-corrected chi connectivity index (χ4v) is 12.0. The third kappa shape index (κ3) is 7.98. The van der Waals surface area contributed by atoms with E-state index in [1.54, 1.807) is 12.1 Å². The minimum atomic E-state index is -0.583. The molecule has 372 valence electrons. The second-order valence-corrected chi connectivity index (χ2v) is 21.0. The summed E-state index contributed by atoms with van der Waals surface area (Å²) < 4.78 is 108. The van der Waals surface area contributed by atoms with Crippen molar-refractivity contribution < 1.29 is 37.8 Å². The number of pyridine rings is 1. The van der Waals surface area contributed by atoms with Crippen LogP contribution in [0.15, 0.2) is 255 Å². The van der Waals surface area contributed by atoms with Crippen LogP contribution < -0.4 is 4.74 Å². The van der Waals surface area contributed by atoms with Crippen LogP contribution >= 0.6 is 0 Å². The van der Waals surface area contributed by atoms with Gasteiger partial charge in [-0.3, -0.25) is 0 Å². The SMILES string of the molecule is [2H]c1c([2H])c([2H])c(-c2cc(-n3c4ccccc4c4ccccc43)cc(-c3c([2H])c([2H])c([2H])c([2H])c3[2H])c2-n2[c](=[Pt])n(-c3cc(Oc4ccc5c6ccccc6n(-c6cc(C(C)(C)C)ccn6)c5c4)cc(-c4ccccc4)c3)c3ccccc32)c([2H])c1[2H]. The van der Waals surface area contributed by atoms with Crippen molar-refractivity contribution in [3.8, 4) is 67.8 Å². The quantitative estimate of drug-likeness (QED) is 0.145. The van der Waals surface area contributed by atoms with Crippen LogP contribution in [0.1, 0.15) is 40.0 Å². The second kappa shape index (κ2) is 18.6. The van der Waals surface area contributed by atoms with Crippen LogP contribution in [0.25, 0.3) is 111 Å². The Morgan fingerprint density at radius 2 is 0.935 bits per heavy atom. The summed E-state index contributed by atoms with van der Waals surface area (Å²) in [5.74, 6) is 1.87. The monoisotopic (exact) mass is 1180 g/mol. The summed E-state index contributed by atoms with van der Waals surface area (Å²) in [6.07, 6.45) is 1.86.